The fourth-order valence-corrected chi connectivity index (χ4v) is 6.90. The van der Waals surface area contributed by atoms with E-state index in [9.17, 15) is 30.0 Å². The Kier molecular flexibility index (Phi) is 27.0. The molecule has 0 saturated heterocycles. The second-order valence-electron chi connectivity index (χ2n) is 15.8. The Balaban J connectivity index is 0.00000843. The SMILES string of the molecule is C=CC(CO)C(O)C(C=C)C(O)COC1CC(C)C(/C=C/C(C)=C/C=C/C(C)=C/C=C/C=C(C)/C=C/C=C(C)/C=C/C2=C(C)C(=O)C(O)CC2(C)C)=C(C)C1=O.CC.CC. The Bertz CT molecular complexity index is 1760. The van der Waals surface area contributed by atoms with Gasteiger partial charge >= 0.3 is 0 Å². The van der Waals surface area contributed by atoms with Crippen molar-refractivity contribution in [2.24, 2.45) is 23.2 Å². The first kappa shape index (κ1) is 55.8. The zero-order valence-electron chi connectivity index (χ0n) is 39.0. The van der Waals surface area contributed by atoms with E-state index in [1.54, 1.807) is 13.8 Å². The van der Waals surface area contributed by atoms with Crippen molar-refractivity contribution in [2.75, 3.05) is 13.2 Å². The van der Waals surface area contributed by atoms with E-state index in [2.05, 4.69) is 33.9 Å². The highest BCUT2D eigenvalue weighted by Crippen LogP contribution is 2.39. The molecular formula is C53H78O7. The van der Waals surface area contributed by atoms with Crippen LogP contribution < -0.4 is 0 Å². The number of ether oxygens (including phenoxy) is 1. The Hall–Kier alpha value is -4.24. The highest BCUT2D eigenvalue weighted by Gasteiger charge is 2.37. The van der Waals surface area contributed by atoms with E-state index >= 15 is 0 Å². The highest BCUT2D eigenvalue weighted by atomic mass is 16.5. The zero-order valence-corrected chi connectivity index (χ0v) is 39.0. The van der Waals surface area contributed by atoms with Crippen molar-refractivity contribution in [3.8, 4) is 0 Å². The number of allylic oxidation sites excluding steroid dienone is 20. The summed E-state index contributed by atoms with van der Waals surface area (Å²) in [5, 5.41) is 40.8. The molecule has 60 heavy (non-hydrogen) atoms. The quantitative estimate of drug-likeness (QED) is 0.0755. The molecule has 2 rings (SSSR count). The van der Waals surface area contributed by atoms with Crippen molar-refractivity contribution in [1.82, 2.24) is 0 Å². The minimum atomic E-state index is -1.10. The Morgan fingerprint density at radius 1 is 0.767 bits per heavy atom. The lowest BCUT2D eigenvalue weighted by molar-refractivity contribution is -0.132. The number of ketones is 2. The Morgan fingerprint density at radius 2 is 1.25 bits per heavy atom. The fraction of sp³-hybridized carbons (Fsp3) is 0.472. The number of Topliss-reactive ketones (excluding diaryl/α,β-unsaturated/α-hetero) is 2. The number of carbonyl (C=O) groups excluding carboxylic acids is 2. The number of rotatable bonds is 19. The molecule has 332 valence electrons. The van der Waals surface area contributed by atoms with Gasteiger partial charge in [0.2, 0.25) is 0 Å². The maximum atomic E-state index is 13.2. The first-order chi connectivity index (χ1) is 28.4. The summed E-state index contributed by atoms with van der Waals surface area (Å²) in [4.78, 5) is 25.5. The van der Waals surface area contributed by atoms with Crippen LogP contribution in [0.3, 0.4) is 0 Å². The van der Waals surface area contributed by atoms with Crippen LogP contribution in [0, 0.1) is 23.2 Å². The number of carbonyl (C=O) groups is 2. The summed E-state index contributed by atoms with van der Waals surface area (Å²) in [5.74, 6) is -1.60. The lowest BCUT2D eigenvalue weighted by atomic mass is 9.71. The van der Waals surface area contributed by atoms with E-state index in [1.165, 1.54) is 12.2 Å². The van der Waals surface area contributed by atoms with E-state index in [4.69, 9.17) is 4.74 Å². The van der Waals surface area contributed by atoms with Crippen LogP contribution in [-0.2, 0) is 14.3 Å². The normalized spacial score (nSPS) is 23.0. The van der Waals surface area contributed by atoms with Crippen molar-refractivity contribution in [2.45, 2.75) is 127 Å². The van der Waals surface area contributed by atoms with Gasteiger partial charge in [-0.3, -0.25) is 9.59 Å². The smallest absolute Gasteiger partial charge is 0.187 e. The van der Waals surface area contributed by atoms with Gasteiger partial charge in [0.15, 0.2) is 11.6 Å². The van der Waals surface area contributed by atoms with Gasteiger partial charge in [0.25, 0.3) is 0 Å². The molecule has 0 aliphatic heterocycles. The van der Waals surface area contributed by atoms with E-state index in [1.807, 2.05) is 140 Å². The van der Waals surface area contributed by atoms with Gasteiger partial charge in [-0.1, -0.05) is 168 Å². The molecule has 2 aliphatic carbocycles. The summed E-state index contributed by atoms with van der Waals surface area (Å²) in [6, 6.07) is 0. The van der Waals surface area contributed by atoms with Gasteiger partial charge in [0, 0.05) is 11.8 Å². The molecule has 7 nitrogen and oxygen atoms in total. The summed E-state index contributed by atoms with van der Waals surface area (Å²) >= 11 is 0. The van der Waals surface area contributed by atoms with Crippen LogP contribution in [0.1, 0.15) is 103 Å². The molecule has 0 fully saturated rings. The molecule has 0 heterocycles. The lowest BCUT2D eigenvalue weighted by Gasteiger charge is -2.34. The molecule has 7 unspecified atom stereocenters. The van der Waals surface area contributed by atoms with Gasteiger partial charge in [-0.2, -0.15) is 0 Å². The summed E-state index contributed by atoms with van der Waals surface area (Å²) < 4.78 is 5.87. The van der Waals surface area contributed by atoms with E-state index in [0.29, 0.717) is 24.0 Å². The van der Waals surface area contributed by atoms with Crippen LogP contribution >= 0.6 is 0 Å². The summed E-state index contributed by atoms with van der Waals surface area (Å²) in [6.45, 7) is 32.7. The molecule has 0 bridgehead atoms. The molecule has 4 N–H and O–H groups in total. The van der Waals surface area contributed by atoms with Crippen molar-refractivity contribution in [1.29, 1.82) is 0 Å². The van der Waals surface area contributed by atoms with Crippen molar-refractivity contribution >= 4 is 11.6 Å². The van der Waals surface area contributed by atoms with Crippen LogP contribution in [0.5, 0.6) is 0 Å². The molecule has 0 aromatic carbocycles. The molecule has 2 aliphatic rings. The highest BCUT2D eigenvalue weighted by molar-refractivity contribution is 6.01. The van der Waals surface area contributed by atoms with Crippen LogP contribution in [-0.4, -0.2) is 69.6 Å². The maximum Gasteiger partial charge on any atom is 0.187 e. The Morgan fingerprint density at radius 3 is 1.73 bits per heavy atom. The number of hydrogen-bond acceptors (Lipinski definition) is 7. The first-order valence-corrected chi connectivity index (χ1v) is 21.5. The van der Waals surface area contributed by atoms with Gasteiger partial charge < -0.3 is 25.2 Å². The topological polar surface area (TPSA) is 124 Å². The van der Waals surface area contributed by atoms with Gasteiger partial charge in [0.05, 0.1) is 25.4 Å². The van der Waals surface area contributed by atoms with Gasteiger partial charge in [-0.15, -0.1) is 13.2 Å². The van der Waals surface area contributed by atoms with Crippen LogP contribution in [0.2, 0.25) is 0 Å². The van der Waals surface area contributed by atoms with E-state index < -0.39 is 36.3 Å². The van der Waals surface area contributed by atoms with Crippen molar-refractivity contribution in [3.63, 3.8) is 0 Å². The number of aliphatic hydroxyl groups excluding tert-OH is 4. The molecular weight excluding hydrogens is 749 g/mol. The molecule has 0 aromatic heterocycles. The predicted molar refractivity (Wildman–Crippen MR) is 253 cm³/mol. The second kappa shape index (κ2) is 29.1. The lowest BCUT2D eigenvalue weighted by Crippen LogP contribution is -2.41. The zero-order chi connectivity index (χ0) is 46.2. The minimum absolute atomic E-state index is 0.0650. The van der Waals surface area contributed by atoms with Crippen molar-refractivity contribution in [3.05, 3.63) is 155 Å². The third-order valence-corrected chi connectivity index (χ3v) is 10.5. The summed E-state index contributed by atoms with van der Waals surface area (Å²) in [6.07, 6.45) is 28.2. The molecule has 0 saturated carbocycles. The molecule has 0 aromatic rings. The average molecular weight is 827 g/mol. The third-order valence-electron chi connectivity index (χ3n) is 10.5. The molecule has 7 heteroatoms. The van der Waals surface area contributed by atoms with E-state index in [0.717, 1.165) is 33.4 Å². The third kappa shape index (κ3) is 18.2. The summed E-state index contributed by atoms with van der Waals surface area (Å²) in [7, 11) is 0. The van der Waals surface area contributed by atoms with Gasteiger partial charge in [0.1, 0.15) is 12.2 Å². The maximum absolute atomic E-state index is 13.2. The molecule has 7 atom stereocenters. The van der Waals surface area contributed by atoms with Crippen LogP contribution in [0.25, 0.3) is 0 Å². The van der Waals surface area contributed by atoms with Crippen LogP contribution in [0.4, 0.5) is 0 Å². The summed E-state index contributed by atoms with van der Waals surface area (Å²) in [5.41, 5.74) is 7.22. The van der Waals surface area contributed by atoms with Crippen molar-refractivity contribution < 1.29 is 34.8 Å². The molecule has 0 amide bonds. The van der Waals surface area contributed by atoms with Gasteiger partial charge in [-0.05, 0) is 88.0 Å². The average Bonchev–Trinajstić information content (AvgIpc) is 3.21. The van der Waals surface area contributed by atoms with Gasteiger partial charge in [-0.25, -0.2) is 0 Å². The second-order valence-corrected chi connectivity index (χ2v) is 15.8. The molecule has 0 spiro atoms. The first-order valence-electron chi connectivity index (χ1n) is 21.5. The number of hydrogen-bond donors (Lipinski definition) is 4. The van der Waals surface area contributed by atoms with Crippen LogP contribution in [0.15, 0.2) is 155 Å². The predicted octanol–water partition coefficient (Wildman–Crippen LogP) is 10.9. The monoisotopic (exact) mass is 827 g/mol. The fourth-order valence-electron chi connectivity index (χ4n) is 6.90. The minimum Gasteiger partial charge on any atom is -0.396 e. The standard InChI is InChI=1S/C49H66O7.2C2H6/c1-12-39(30-50)48(55)40(13-2)44(52)31-56-45-28-36(7)41(37(8)47(45)54)26-24-34(5)22-16-20-32(3)18-14-15-19-33(4)21-17-23-35(6)25-27-42-38(9)46(53)43(51)29-49(42,10)11;2*1-2/h12-27,36,39-40,43-45,48,50-52,55H,1-2,28-31H2,3-11H3;2*1-2H3/b15-14+,20-16+,21-17+,26-24+,27-25+,32-18+,33-19+,34-22+,35-23+;;. The molecule has 0 radical (unpaired) electrons. The largest absolute Gasteiger partial charge is 0.396 e. The number of aliphatic hydroxyl groups is 4. The van der Waals surface area contributed by atoms with E-state index in [-0.39, 0.29) is 36.1 Å². The Labute approximate surface area is 363 Å².